The Morgan fingerprint density at radius 1 is 1.21 bits per heavy atom. The molecule has 0 aliphatic heterocycles. The molecule has 3 rings (SSSR count). The average molecular weight is 255 g/mol. The van der Waals surface area contributed by atoms with E-state index in [1.165, 1.54) is 0 Å². The van der Waals surface area contributed by atoms with Crippen LogP contribution in [0, 0.1) is 0 Å². The van der Waals surface area contributed by atoms with E-state index in [1.807, 2.05) is 31.4 Å². The molecule has 19 heavy (non-hydrogen) atoms. The number of anilines is 2. The lowest BCUT2D eigenvalue weighted by atomic mass is 10.1. The normalized spacial score (nSPS) is 10.8. The Morgan fingerprint density at radius 2 is 2.05 bits per heavy atom. The number of nitrogen functional groups attached to an aromatic ring is 2. The van der Waals surface area contributed by atoms with Crippen molar-refractivity contribution in [3.8, 4) is 11.1 Å². The molecule has 0 spiro atoms. The summed E-state index contributed by atoms with van der Waals surface area (Å²) in [4.78, 5) is 8.24. The minimum atomic E-state index is 0.189. The largest absolute Gasteiger partial charge is 0.368 e. The van der Waals surface area contributed by atoms with Gasteiger partial charge < -0.3 is 11.2 Å². The molecule has 0 aliphatic rings. The van der Waals surface area contributed by atoms with Gasteiger partial charge >= 0.3 is 0 Å². The van der Waals surface area contributed by atoms with Crippen LogP contribution in [-0.4, -0.2) is 19.7 Å². The summed E-state index contributed by atoms with van der Waals surface area (Å²) >= 11 is 0. The molecule has 5 N–H and O–H groups in total. The highest BCUT2D eigenvalue weighted by molar-refractivity contribution is 5.93. The zero-order chi connectivity index (χ0) is 13.4. The van der Waals surface area contributed by atoms with Gasteiger partial charge in [-0.1, -0.05) is 6.07 Å². The molecule has 3 aromatic rings. The summed E-state index contributed by atoms with van der Waals surface area (Å²) in [7, 11) is 1.88. The lowest BCUT2D eigenvalue weighted by Gasteiger charge is -2.07. The van der Waals surface area contributed by atoms with Gasteiger partial charge in [-0.05, 0) is 17.7 Å². The molecule has 0 bridgehead atoms. The van der Waals surface area contributed by atoms with Gasteiger partial charge in [0.15, 0.2) is 5.82 Å². The number of hydrazine groups is 1. The summed E-state index contributed by atoms with van der Waals surface area (Å²) in [6, 6.07) is 5.81. The van der Waals surface area contributed by atoms with Crippen LogP contribution in [0.2, 0.25) is 0 Å². The predicted octanol–water partition coefficient (Wildman–Crippen LogP) is 0.898. The highest BCUT2D eigenvalue weighted by Gasteiger charge is 2.08. The second-order valence-corrected chi connectivity index (χ2v) is 4.21. The number of benzene rings is 1. The number of rotatable bonds is 2. The van der Waals surface area contributed by atoms with Crippen LogP contribution in [-0.2, 0) is 7.05 Å². The summed E-state index contributed by atoms with van der Waals surface area (Å²) in [5.74, 6) is 6.16. The van der Waals surface area contributed by atoms with Crippen LogP contribution in [0.15, 0.2) is 30.6 Å². The molecule has 0 saturated heterocycles. The van der Waals surface area contributed by atoms with Crippen molar-refractivity contribution < 1.29 is 0 Å². The maximum absolute atomic E-state index is 5.62. The van der Waals surface area contributed by atoms with Gasteiger partial charge in [-0.25, -0.2) is 10.8 Å². The molecular formula is C12H13N7. The Balaban J connectivity index is 2.22. The van der Waals surface area contributed by atoms with E-state index in [-0.39, 0.29) is 5.95 Å². The summed E-state index contributed by atoms with van der Waals surface area (Å²) in [6.07, 6.45) is 3.74. The molecule has 2 heterocycles. The Morgan fingerprint density at radius 3 is 2.74 bits per heavy atom. The van der Waals surface area contributed by atoms with Crippen LogP contribution >= 0.6 is 0 Å². The summed E-state index contributed by atoms with van der Waals surface area (Å²) < 4.78 is 1.75. The minimum absolute atomic E-state index is 0.189. The molecule has 0 atom stereocenters. The smallest absolute Gasteiger partial charge is 0.222 e. The molecule has 0 unspecified atom stereocenters. The van der Waals surface area contributed by atoms with Gasteiger partial charge in [0.2, 0.25) is 5.95 Å². The molecule has 0 radical (unpaired) electrons. The number of hydrogen-bond donors (Lipinski definition) is 3. The monoisotopic (exact) mass is 255 g/mol. The van der Waals surface area contributed by atoms with Crippen molar-refractivity contribution >= 4 is 22.7 Å². The van der Waals surface area contributed by atoms with Gasteiger partial charge in [-0.3, -0.25) is 4.68 Å². The lowest BCUT2D eigenvalue weighted by molar-refractivity contribution is 0.768. The Bertz CT molecular complexity index is 747. The first-order chi connectivity index (χ1) is 9.17. The fraction of sp³-hybridized carbons (Fsp3) is 0.0833. The van der Waals surface area contributed by atoms with E-state index in [1.54, 1.807) is 10.9 Å². The first-order valence-electron chi connectivity index (χ1n) is 5.70. The molecule has 2 aromatic heterocycles. The molecule has 7 heteroatoms. The van der Waals surface area contributed by atoms with E-state index in [2.05, 4.69) is 20.5 Å². The second kappa shape index (κ2) is 4.21. The number of fused-ring (bicyclic) bond motifs is 1. The van der Waals surface area contributed by atoms with Gasteiger partial charge in [0.25, 0.3) is 0 Å². The van der Waals surface area contributed by atoms with Crippen molar-refractivity contribution in [3.63, 3.8) is 0 Å². The molecule has 96 valence electrons. The number of hydrogen-bond acceptors (Lipinski definition) is 6. The van der Waals surface area contributed by atoms with E-state index in [0.717, 1.165) is 22.0 Å². The molecular weight excluding hydrogens is 242 g/mol. The highest BCUT2D eigenvalue weighted by atomic mass is 15.3. The van der Waals surface area contributed by atoms with Crippen molar-refractivity contribution in [2.45, 2.75) is 0 Å². The molecule has 0 amide bonds. The Hall–Kier alpha value is -2.67. The fourth-order valence-electron chi connectivity index (χ4n) is 2.01. The summed E-state index contributed by atoms with van der Waals surface area (Å²) in [5.41, 5.74) is 10.9. The average Bonchev–Trinajstić information content (AvgIpc) is 2.84. The third-order valence-electron chi connectivity index (χ3n) is 2.89. The van der Waals surface area contributed by atoms with Crippen LogP contribution in [0.3, 0.4) is 0 Å². The van der Waals surface area contributed by atoms with Crippen LogP contribution in [0.5, 0.6) is 0 Å². The molecule has 0 fully saturated rings. The highest BCUT2D eigenvalue weighted by Crippen LogP contribution is 2.27. The van der Waals surface area contributed by atoms with E-state index >= 15 is 0 Å². The van der Waals surface area contributed by atoms with Gasteiger partial charge in [0.05, 0.1) is 11.7 Å². The third-order valence-corrected chi connectivity index (χ3v) is 2.89. The number of nitrogens with zero attached hydrogens (tertiary/aromatic N) is 4. The second-order valence-electron chi connectivity index (χ2n) is 4.21. The SMILES string of the molecule is Cn1cc(-c2ccc3nc(N)nc(NN)c3c2)cn1. The van der Waals surface area contributed by atoms with Crippen LogP contribution < -0.4 is 17.0 Å². The summed E-state index contributed by atoms with van der Waals surface area (Å²) in [5, 5.41) is 4.97. The van der Waals surface area contributed by atoms with E-state index in [4.69, 9.17) is 11.6 Å². The van der Waals surface area contributed by atoms with Gasteiger partial charge in [0.1, 0.15) is 0 Å². The first-order valence-corrected chi connectivity index (χ1v) is 5.70. The Labute approximate surface area is 109 Å². The number of aryl methyl sites for hydroxylation is 1. The van der Waals surface area contributed by atoms with Crippen LogP contribution in [0.25, 0.3) is 22.0 Å². The van der Waals surface area contributed by atoms with Crippen molar-refractivity contribution in [1.29, 1.82) is 0 Å². The van der Waals surface area contributed by atoms with E-state index in [0.29, 0.717) is 5.82 Å². The maximum atomic E-state index is 5.62. The number of nitrogens with two attached hydrogens (primary N) is 2. The van der Waals surface area contributed by atoms with E-state index < -0.39 is 0 Å². The zero-order valence-corrected chi connectivity index (χ0v) is 10.3. The van der Waals surface area contributed by atoms with Crippen LogP contribution in [0.4, 0.5) is 11.8 Å². The molecule has 0 aliphatic carbocycles. The molecule has 0 saturated carbocycles. The standard InChI is InChI=1S/C12H13N7/c1-19-6-8(5-15-19)7-2-3-10-9(4-7)11(18-14)17-12(13)16-10/h2-6H,14H2,1H3,(H3,13,16,17,18). The van der Waals surface area contributed by atoms with Crippen molar-refractivity contribution in [1.82, 2.24) is 19.7 Å². The minimum Gasteiger partial charge on any atom is -0.368 e. The summed E-state index contributed by atoms with van der Waals surface area (Å²) in [6.45, 7) is 0. The van der Waals surface area contributed by atoms with Crippen molar-refractivity contribution in [3.05, 3.63) is 30.6 Å². The molecule has 7 nitrogen and oxygen atoms in total. The van der Waals surface area contributed by atoms with Crippen molar-refractivity contribution in [2.24, 2.45) is 12.9 Å². The number of aromatic nitrogens is 4. The fourth-order valence-corrected chi connectivity index (χ4v) is 2.01. The van der Waals surface area contributed by atoms with Crippen molar-refractivity contribution in [2.75, 3.05) is 11.2 Å². The quantitative estimate of drug-likeness (QED) is 0.464. The third kappa shape index (κ3) is 1.95. The Kier molecular flexibility index (Phi) is 2.53. The zero-order valence-electron chi connectivity index (χ0n) is 10.3. The van der Waals surface area contributed by atoms with Gasteiger partial charge in [-0.2, -0.15) is 10.1 Å². The first kappa shape index (κ1) is 11.4. The molecule has 1 aromatic carbocycles. The lowest BCUT2D eigenvalue weighted by Crippen LogP contribution is -2.11. The van der Waals surface area contributed by atoms with Gasteiger partial charge in [0, 0.05) is 24.2 Å². The topological polar surface area (TPSA) is 108 Å². The van der Waals surface area contributed by atoms with Crippen LogP contribution in [0.1, 0.15) is 0 Å². The number of nitrogens with one attached hydrogen (secondary N) is 1. The van der Waals surface area contributed by atoms with E-state index in [9.17, 15) is 0 Å². The maximum Gasteiger partial charge on any atom is 0.222 e. The van der Waals surface area contributed by atoms with Gasteiger partial charge in [-0.15, -0.1) is 0 Å². The predicted molar refractivity (Wildman–Crippen MR) is 74.0 cm³/mol.